The van der Waals surface area contributed by atoms with E-state index in [-0.39, 0.29) is 23.0 Å². The highest BCUT2D eigenvalue weighted by atomic mass is 32.2. The summed E-state index contributed by atoms with van der Waals surface area (Å²) >= 11 is 0. The molecule has 0 unspecified atom stereocenters. The van der Waals surface area contributed by atoms with E-state index in [1.807, 2.05) is 48.5 Å². The van der Waals surface area contributed by atoms with Crippen LogP contribution in [0.2, 0.25) is 0 Å². The number of ether oxygens (including phenoxy) is 3. The van der Waals surface area contributed by atoms with E-state index < -0.39 is 9.84 Å². The summed E-state index contributed by atoms with van der Waals surface area (Å²) in [7, 11) is 0.184. The topological polar surface area (TPSA) is 94.2 Å². The van der Waals surface area contributed by atoms with Gasteiger partial charge in [0.1, 0.15) is 18.1 Å². The minimum Gasteiger partial charge on any atom is -0.497 e. The zero-order valence-corrected chi connectivity index (χ0v) is 24.3. The average molecular weight is 577 g/mol. The first-order chi connectivity index (χ1) is 19.8. The van der Waals surface area contributed by atoms with E-state index in [2.05, 4.69) is 17.3 Å². The van der Waals surface area contributed by atoms with Crippen LogP contribution in [0.4, 0.5) is 5.69 Å². The number of hydrogen-bond acceptors (Lipinski definition) is 7. The summed E-state index contributed by atoms with van der Waals surface area (Å²) in [4.78, 5) is 15.8. The number of carbonyl (C=O) groups excluding carboxylic acids is 1. The van der Waals surface area contributed by atoms with Crippen LogP contribution in [0, 0.1) is 0 Å². The van der Waals surface area contributed by atoms with Gasteiger partial charge in [-0.3, -0.25) is 9.69 Å². The lowest BCUT2D eigenvalue weighted by Gasteiger charge is -2.31. The molecule has 2 aliphatic heterocycles. The number of methoxy groups -OCH3 is 1. The van der Waals surface area contributed by atoms with Gasteiger partial charge in [0.05, 0.1) is 17.8 Å². The number of amides is 1. The molecule has 0 spiro atoms. The molecule has 9 heteroatoms. The maximum absolute atomic E-state index is 13.2. The summed E-state index contributed by atoms with van der Waals surface area (Å²) in [5.41, 5.74) is 3.59. The standard InChI is InChI=1S/C32H36N2O6S/c1-34(28-12-15-39-16-13-28)21-23-6-8-27(9-7-23)33-32(35)25-14-17-41(36,37)31-11-10-30(20-26(31)19-25)40-22-24-4-3-5-29(18-24)38-2/h3-11,18-20,28H,12-17,21-22H2,1-2H3,(H,33,35). The first kappa shape index (κ1) is 28.9. The molecule has 1 N–H and O–H groups in total. The number of sulfone groups is 1. The average Bonchev–Trinajstić information content (AvgIpc) is 3.12. The highest BCUT2D eigenvalue weighted by Gasteiger charge is 2.25. The Hall–Kier alpha value is -3.66. The Balaban J connectivity index is 1.27. The van der Waals surface area contributed by atoms with Crippen molar-refractivity contribution >= 4 is 27.5 Å². The summed E-state index contributed by atoms with van der Waals surface area (Å²) in [6, 6.07) is 20.7. The summed E-state index contributed by atoms with van der Waals surface area (Å²) in [6.45, 7) is 2.72. The Kier molecular flexibility index (Phi) is 9.07. The second kappa shape index (κ2) is 12.9. The van der Waals surface area contributed by atoms with Gasteiger partial charge in [-0.05, 0) is 91.5 Å². The van der Waals surface area contributed by atoms with Crippen LogP contribution < -0.4 is 14.8 Å². The van der Waals surface area contributed by atoms with E-state index in [1.165, 1.54) is 0 Å². The van der Waals surface area contributed by atoms with Gasteiger partial charge in [0, 0.05) is 37.1 Å². The third kappa shape index (κ3) is 7.35. The third-order valence-corrected chi connectivity index (χ3v) is 9.36. The van der Waals surface area contributed by atoms with Crippen molar-refractivity contribution in [2.24, 2.45) is 0 Å². The predicted octanol–water partition coefficient (Wildman–Crippen LogP) is 5.08. The molecule has 0 atom stereocenters. The van der Waals surface area contributed by atoms with Crippen molar-refractivity contribution in [2.75, 3.05) is 38.4 Å². The lowest BCUT2D eigenvalue weighted by Crippen LogP contribution is -2.36. The van der Waals surface area contributed by atoms with Crippen LogP contribution in [0.25, 0.3) is 6.08 Å². The van der Waals surface area contributed by atoms with E-state index in [4.69, 9.17) is 14.2 Å². The molecule has 3 aromatic carbocycles. The molecule has 41 heavy (non-hydrogen) atoms. The molecule has 0 radical (unpaired) electrons. The summed E-state index contributed by atoms with van der Waals surface area (Å²) in [5.74, 6) is 0.791. The molecule has 0 saturated carbocycles. The fraction of sp³-hybridized carbons (Fsp3) is 0.344. The van der Waals surface area contributed by atoms with E-state index in [1.54, 1.807) is 31.4 Å². The van der Waals surface area contributed by atoms with Gasteiger partial charge in [-0.15, -0.1) is 0 Å². The number of anilines is 1. The predicted molar refractivity (Wildman–Crippen MR) is 159 cm³/mol. The Labute approximate surface area is 241 Å². The van der Waals surface area contributed by atoms with Crippen molar-refractivity contribution in [3.63, 3.8) is 0 Å². The van der Waals surface area contributed by atoms with Crippen molar-refractivity contribution in [3.8, 4) is 11.5 Å². The number of rotatable bonds is 9. The molecule has 0 bridgehead atoms. The smallest absolute Gasteiger partial charge is 0.251 e. The highest BCUT2D eigenvalue weighted by molar-refractivity contribution is 7.91. The Bertz CT molecular complexity index is 1510. The maximum Gasteiger partial charge on any atom is 0.251 e. The van der Waals surface area contributed by atoms with Crippen molar-refractivity contribution in [2.45, 2.75) is 43.4 Å². The SMILES string of the molecule is COc1cccc(COc2ccc3c(c2)C=C(C(=O)Nc2ccc(CN(C)C4CCOCC4)cc2)CCS3(=O)=O)c1. The van der Waals surface area contributed by atoms with Crippen LogP contribution in [-0.4, -0.2) is 58.4 Å². The zero-order chi connectivity index (χ0) is 28.8. The zero-order valence-electron chi connectivity index (χ0n) is 23.5. The molecule has 0 aromatic heterocycles. The molecule has 1 saturated heterocycles. The number of carbonyl (C=O) groups is 1. The van der Waals surface area contributed by atoms with Crippen molar-refractivity contribution in [1.82, 2.24) is 4.90 Å². The Morgan fingerprint density at radius 2 is 1.78 bits per heavy atom. The molecule has 2 aliphatic rings. The number of fused-ring (bicyclic) bond motifs is 1. The number of benzene rings is 3. The minimum absolute atomic E-state index is 0.122. The van der Waals surface area contributed by atoms with Gasteiger partial charge in [-0.2, -0.15) is 0 Å². The van der Waals surface area contributed by atoms with Gasteiger partial charge in [0.2, 0.25) is 0 Å². The molecule has 5 rings (SSSR count). The van der Waals surface area contributed by atoms with E-state index in [0.717, 1.165) is 49.5 Å². The van der Waals surface area contributed by atoms with Crippen LogP contribution >= 0.6 is 0 Å². The third-order valence-electron chi connectivity index (χ3n) is 7.58. The molecule has 2 heterocycles. The van der Waals surface area contributed by atoms with Crippen LogP contribution in [0.1, 0.15) is 36.0 Å². The summed E-state index contributed by atoms with van der Waals surface area (Å²) in [5, 5.41) is 2.94. The number of nitrogens with one attached hydrogen (secondary N) is 1. The Morgan fingerprint density at radius 1 is 1.00 bits per heavy atom. The molecular weight excluding hydrogens is 540 g/mol. The van der Waals surface area contributed by atoms with Gasteiger partial charge < -0.3 is 19.5 Å². The van der Waals surface area contributed by atoms with Gasteiger partial charge in [0.25, 0.3) is 5.91 Å². The van der Waals surface area contributed by atoms with Gasteiger partial charge >= 0.3 is 0 Å². The second-order valence-corrected chi connectivity index (χ2v) is 12.6. The van der Waals surface area contributed by atoms with Crippen LogP contribution in [-0.2, 0) is 32.5 Å². The van der Waals surface area contributed by atoms with Gasteiger partial charge in [-0.1, -0.05) is 24.3 Å². The molecule has 1 fully saturated rings. The largest absolute Gasteiger partial charge is 0.497 e. The first-order valence-electron chi connectivity index (χ1n) is 13.8. The van der Waals surface area contributed by atoms with Gasteiger partial charge in [-0.25, -0.2) is 8.42 Å². The minimum atomic E-state index is -3.55. The van der Waals surface area contributed by atoms with E-state index in [0.29, 0.717) is 35.2 Å². The lowest BCUT2D eigenvalue weighted by molar-refractivity contribution is -0.112. The fourth-order valence-corrected chi connectivity index (χ4v) is 6.64. The molecule has 3 aromatic rings. The molecule has 1 amide bonds. The summed E-state index contributed by atoms with van der Waals surface area (Å²) < 4.78 is 42.7. The Morgan fingerprint density at radius 3 is 2.54 bits per heavy atom. The van der Waals surface area contributed by atoms with Gasteiger partial charge in [0.15, 0.2) is 9.84 Å². The second-order valence-electron chi connectivity index (χ2n) is 10.5. The quantitative estimate of drug-likeness (QED) is 0.380. The molecule has 0 aliphatic carbocycles. The normalized spacial score (nSPS) is 16.8. The highest BCUT2D eigenvalue weighted by Crippen LogP contribution is 2.30. The first-order valence-corrected chi connectivity index (χ1v) is 15.5. The summed E-state index contributed by atoms with van der Waals surface area (Å²) in [6.07, 6.45) is 3.85. The number of hydrogen-bond donors (Lipinski definition) is 1. The fourth-order valence-electron chi connectivity index (χ4n) is 5.18. The molecule has 216 valence electrons. The van der Waals surface area contributed by atoms with Crippen LogP contribution in [0.15, 0.2) is 77.2 Å². The molecular formula is C32H36N2O6S. The van der Waals surface area contributed by atoms with Crippen LogP contribution in [0.3, 0.4) is 0 Å². The van der Waals surface area contributed by atoms with Crippen molar-refractivity contribution < 1.29 is 27.4 Å². The maximum atomic E-state index is 13.2. The molecule has 8 nitrogen and oxygen atoms in total. The van der Waals surface area contributed by atoms with Crippen molar-refractivity contribution in [3.05, 3.63) is 89.0 Å². The van der Waals surface area contributed by atoms with Crippen LogP contribution in [0.5, 0.6) is 11.5 Å². The number of nitrogens with zero attached hydrogens (tertiary/aromatic N) is 1. The lowest BCUT2D eigenvalue weighted by atomic mass is 10.1. The van der Waals surface area contributed by atoms with Crippen molar-refractivity contribution in [1.29, 1.82) is 0 Å². The van der Waals surface area contributed by atoms with E-state index in [9.17, 15) is 13.2 Å². The van der Waals surface area contributed by atoms with E-state index >= 15 is 0 Å². The monoisotopic (exact) mass is 576 g/mol.